The molecule has 1 aliphatic heterocycles. The zero-order valence-electron chi connectivity index (χ0n) is 18.5. The predicted molar refractivity (Wildman–Crippen MR) is 112 cm³/mol. The molecule has 2 rings (SSSR count). The smallest absolute Gasteiger partial charge is 0.305 e. The van der Waals surface area contributed by atoms with Gasteiger partial charge in [-0.05, 0) is 5.56 Å². The molecule has 0 N–H and O–H groups in total. The molecular formula is C19H26O12S2. The van der Waals surface area contributed by atoms with Crippen LogP contribution in [0.1, 0.15) is 19.4 Å². The third-order valence-electron chi connectivity index (χ3n) is 4.33. The number of benzene rings is 1. The first-order valence-electron chi connectivity index (χ1n) is 9.57. The zero-order valence-corrected chi connectivity index (χ0v) is 20.1. The Kier molecular flexibility index (Phi) is 8.95. The molecule has 1 saturated heterocycles. The number of hydrogen-bond donors (Lipinski definition) is 0. The van der Waals surface area contributed by atoms with Crippen LogP contribution in [0.3, 0.4) is 0 Å². The summed E-state index contributed by atoms with van der Waals surface area (Å²) in [5.74, 6) is -1.58. The number of carbonyl (C=O) groups is 2. The summed E-state index contributed by atoms with van der Waals surface area (Å²) in [6.07, 6.45) is -2.74. The number of rotatable bonds is 11. The molecule has 0 aliphatic carbocycles. The number of esters is 2. The Bertz CT molecular complexity index is 1000. The van der Waals surface area contributed by atoms with Crippen molar-refractivity contribution in [1.29, 1.82) is 0 Å². The normalized spacial score (nSPS) is 22.6. The number of carbonyl (C=O) groups excluding carboxylic acids is 2. The summed E-state index contributed by atoms with van der Waals surface area (Å²) in [6, 6.07) is 8.76. The van der Waals surface area contributed by atoms with Crippen LogP contribution in [0.25, 0.3) is 0 Å². The lowest BCUT2D eigenvalue weighted by molar-refractivity contribution is -0.211. The van der Waals surface area contributed by atoms with Gasteiger partial charge < -0.3 is 18.9 Å². The molecule has 3 atom stereocenters. The van der Waals surface area contributed by atoms with E-state index in [9.17, 15) is 26.4 Å². The van der Waals surface area contributed by atoms with Crippen LogP contribution in [-0.2, 0) is 63.7 Å². The molecule has 0 unspecified atom stereocenters. The van der Waals surface area contributed by atoms with Crippen LogP contribution in [-0.4, -0.2) is 78.6 Å². The van der Waals surface area contributed by atoms with E-state index >= 15 is 0 Å². The summed E-state index contributed by atoms with van der Waals surface area (Å²) in [7, 11) is -8.06. The SMILES string of the molecule is CC(=O)O[C@H]1OC(COS(C)(=O)=O)(COS(C)(=O)=O)[C@H](OCc2ccccc2)[C@@H]1OC(C)=O. The molecule has 0 amide bonds. The van der Waals surface area contributed by atoms with Crippen molar-refractivity contribution in [1.82, 2.24) is 0 Å². The van der Waals surface area contributed by atoms with E-state index in [-0.39, 0.29) is 6.61 Å². The fourth-order valence-electron chi connectivity index (χ4n) is 3.07. The van der Waals surface area contributed by atoms with Crippen molar-refractivity contribution < 1.29 is 53.7 Å². The Balaban J connectivity index is 2.50. The molecule has 1 heterocycles. The molecule has 1 aromatic rings. The second-order valence-corrected chi connectivity index (χ2v) is 10.7. The molecule has 186 valence electrons. The Morgan fingerprint density at radius 2 is 1.42 bits per heavy atom. The largest absolute Gasteiger partial charge is 0.453 e. The van der Waals surface area contributed by atoms with Crippen molar-refractivity contribution in [3.63, 3.8) is 0 Å². The Morgan fingerprint density at radius 1 is 0.909 bits per heavy atom. The highest BCUT2D eigenvalue weighted by Crippen LogP contribution is 2.38. The van der Waals surface area contributed by atoms with Crippen LogP contribution in [0.4, 0.5) is 0 Å². The first-order chi connectivity index (χ1) is 15.2. The molecular weight excluding hydrogens is 484 g/mol. The standard InChI is InChI=1S/C19H26O12S2/c1-13(20)29-16-17(26-10-15-8-6-5-7-9-15)19(11-27-32(3,22)23,12-28-33(4,24)25)31-18(16)30-14(2)21/h5-9,16-18H,10-12H2,1-4H3/t16-,17+,18-/m0/s1. The maximum atomic E-state index is 11.8. The van der Waals surface area contributed by atoms with Crippen molar-refractivity contribution in [2.75, 3.05) is 25.7 Å². The van der Waals surface area contributed by atoms with Gasteiger partial charge in [0.2, 0.25) is 6.29 Å². The summed E-state index contributed by atoms with van der Waals surface area (Å²) in [5.41, 5.74) is -1.27. The third kappa shape index (κ3) is 8.64. The van der Waals surface area contributed by atoms with Gasteiger partial charge in [0.1, 0.15) is 19.3 Å². The van der Waals surface area contributed by atoms with Gasteiger partial charge in [-0.25, -0.2) is 0 Å². The van der Waals surface area contributed by atoms with E-state index in [2.05, 4.69) is 0 Å². The van der Waals surface area contributed by atoms with Gasteiger partial charge in [0.15, 0.2) is 11.7 Å². The predicted octanol–water partition coefficient (Wildman–Crippen LogP) is 0.114. The van der Waals surface area contributed by atoms with Gasteiger partial charge in [-0.2, -0.15) is 16.8 Å². The van der Waals surface area contributed by atoms with E-state index < -0.39 is 69.5 Å². The fourth-order valence-corrected chi connectivity index (χ4v) is 3.89. The van der Waals surface area contributed by atoms with Gasteiger partial charge in [0.25, 0.3) is 20.2 Å². The van der Waals surface area contributed by atoms with Crippen molar-refractivity contribution in [2.24, 2.45) is 0 Å². The quantitative estimate of drug-likeness (QED) is 0.293. The molecule has 0 bridgehead atoms. The van der Waals surface area contributed by atoms with E-state index in [1.54, 1.807) is 30.3 Å². The molecule has 14 heteroatoms. The number of ether oxygens (including phenoxy) is 4. The van der Waals surface area contributed by atoms with E-state index in [0.717, 1.165) is 26.4 Å². The minimum atomic E-state index is -4.03. The summed E-state index contributed by atoms with van der Waals surface area (Å²) in [6.45, 7) is 0.540. The first-order valence-corrected chi connectivity index (χ1v) is 13.2. The fraction of sp³-hybridized carbons (Fsp3) is 0.579. The topological polar surface area (TPSA) is 158 Å². The Morgan fingerprint density at radius 3 is 1.88 bits per heavy atom. The van der Waals surface area contributed by atoms with E-state index in [1.807, 2.05) is 0 Å². The van der Waals surface area contributed by atoms with E-state index in [0.29, 0.717) is 5.56 Å². The van der Waals surface area contributed by atoms with Gasteiger partial charge in [0, 0.05) is 13.8 Å². The molecule has 0 radical (unpaired) electrons. The molecule has 0 spiro atoms. The molecule has 12 nitrogen and oxygen atoms in total. The van der Waals surface area contributed by atoms with Gasteiger partial charge in [0.05, 0.1) is 19.1 Å². The van der Waals surface area contributed by atoms with Gasteiger partial charge >= 0.3 is 11.9 Å². The summed E-state index contributed by atoms with van der Waals surface area (Å²) < 4.78 is 78.5. The highest BCUT2D eigenvalue weighted by Gasteiger charge is 2.60. The number of hydrogen-bond acceptors (Lipinski definition) is 12. The van der Waals surface area contributed by atoms with E-state index in [4.69, 9.17) is 27.3 Å². The Hall–Kier alpha value is -2.10. The van der Waals surface area contributed by atoms with Crippen LogP contribution >= 0.6 is 0 Å². The lowest BCUT2D eigenvalue weighted by atomic mass is 9.96. The Labute approximate surface area is 192 Å². The molecule has 0 aromatic heterocycles. The van der Waals surface area contributed by atoms with Gasteiger partial charge in [-0.15, -0.1) is 0 Å². The van der Waals surface area contributed by atoms with Crippen molar-refractivity contribution in [3.05, 3.63) is 35.9 Å². The average molecular weight is 511 g/mol. The maximum Gasteiger partial charge on any atom is 0.305 e. The summed E-state index contributed by atoms with van der Waals surface area (Å²) >= 11 is 0. The van der Waals surface area contributed by atoms with Crippen LogP contribution in [0.15, 0.2) is 30.3 Å². The zero-order chi connectivity index (χ0) is 24.9. The van der Waals surface area contributed by atoms with E-state index in [1.165, 1.54) is 0 Å². The van der Waals surface area contributed by atoms with Crippen molar-refractivity contribution >= 4 is 32.2 Å². The van der Waals surface area contributed by atoms with Crippen molar-refractivity contribution in [3.8, 4) is 0 Å². The third-order valence-corrected chi connectivity index (χ3v) is 5.42. The molecule has 33 heavy (non-hydrogen) atoms. The first kappa shape index (κ1) is 27.1. The van der Waals surface area contributed by atoms with Crippen LogP contribution in [0.2, 0.25) is 0 Å². The molecule has 1 aromatic carbocycles. The lowest BCUT2D eigenvalue weighted by Crippen LogP contribution is -2.53. The maximum absolute atomic E-state index is 11.8. The lowest BCUT2D eigenvalue weighted by Gasteiger charge is -2.33. The van der Waals surface area contributed by atoms with Gasteiger partial charge in [-0.3, -0.25) is 18.0 Å². The summed E-state index contributed by atoms with van der Waals surface area (Å²) in [5, 5.41) is 0. The van der Waals surface area contributed by atoms with Crippen LogP contribution in [0.5, 0.6) is 0 Å². The summed E-state index contributed by atoms with van der Waals surface area (Å²) in [4.78, 5) is 23.4. The minimum Gasteiger partial charge on any atom is -0.453 e. The second kappa shape index (κ2) is 10.9. The van der Waals surface area contributed by atoms with Crippen molar-refractivity contribution in [2.45, 2.75) is 44.6 Å². The highest BCUT2D eigenvalue weighted by molar-refractivity contribution is 7.86. The highest BCUT2D eigenvalue weighted by atomic mass is 32.2. The van der Waals surface area contributed by atoms with Crippen LogP contribution in [0, 0.1) is 0 Å². The second-order valence-electron chi connectivity index (χ2n) is 7.38. The molecule has 1 aliphatic rings. The molecule has 1 fully saturated rings. The minimum absolute atomic E-state index is 0.0705. The molecule has 0 saturated carbocycles. The van der Waals surface area contributed by atoms with Crippen LogP contribution < -0.4 is 0 Å². The average Bonchev–Trinajstić information content (AvgIpc) is 2.95. The monoisotopic (exact) mass is 510 g/mol. The van der Waals surface area contributed by atoms with Gasteiger partial charge in [-0.1, -0.05) is 30.3 Å².